The molecule has 9 heteroatoms. The lowest BCUT2D eigenvalue weighted by molar-refractivity contribution is 0.272. The fourth-order valence-electron chi connectivity index (χ4n) is 2.77. The van der Waals surface area contributed by atoms with Crippen molar-refractivity contribution in [2.45, 2.75) is 31.2 Å². The van der Waals surface area contributed by atoms with Crippen LogP contribution in [0.5, 0.6) is 17.2 Å². The molecule has 0 spiro atoms. The molecule has 0 amide bonds. The molecule has 162 valence electrons. The van der Waals surface area contributed by atoms with Crippen molar-refractivity contribution in [3.05, 3.63) is 48.0 Å². The molecule has 0 heterocycles. The topological polar surface area (TPSA) is 92.0 Å². The summed E-state index contributed by atoms with van der Waals surface area (Å²) in [6, 6.07) is 13.3. The van der Waals surface area contributed by atoms with Gasteiger partial charge in [0.15, 0.2) is 11.5 Å². The van der Waals surface area contributed by atoms with Gasteiger partial charge in [-0.3, -0.25) is 0 Å². The van der Waals surface area contributed by atoms with E-state index in [-0.39, 0.29) is 18.4 Å². The molecular formula is C20H29ClN2O5S. The molecule has 2 aromatic rings. The van der Waals surface area contributed by atoms with Gasteiger partial charge >= 0.3 is 0 Å². The second kappa shape index (κ2) is 13.4. The van der Waals surface area contributed by atoms with E-state index in [0.717, 1.165) is 23.5 Å². The van der Waals surface area contributed by atoms with Gasteiger partial charge in [0.2, 0.25) is 11.1 Å². The maximum Gasteiger partial charge on any atom is 0.210 e. The molecule has 0 saturated carbocycles. The SMILES string of the molecule is CCOc1ccccc1OCCNC(C)Cc1ccc(OC)c(S(=O)ON)c1.Cl. The van der Waals surface area contributed by atoms with E-state index in [9.17, 15) is 4.21 Å². The smallest absolute Gasteiger partial charge is 0.210 e. The van der Waals surface area contributed by atoms with Gasteiger partial charge in [-0.05, 0) is 50.1 Å². The average Bonchev–Trinajstić information content (AvgIpc) is 2.72. The number of hydrogen-bond acceptors (Lipinski definition) is 7. The minimum absolute atomic E-state index is 0. The number of nitrogens with two attached hydrogens (primary N) is 1. The average molecular weight is 445 g/mol. The van der Waals surface area contributed by atoms with Crippen LogP contribution in [0.15, 0.2) is 47.4 Å². The molecule has 0 aromatic heterocycles. The third kappa shape index (κ3) is 7.83. The van der Waals surface area contributed by atoms with E-state index >= 15 is 0 Å². The lowest BCUT2D eigenvalue weighted by atomic mass is 10.1. The van der Waals surface area contributed by atoms with Crippen molar-refractivity contribution >= 4 is 23.5 Å². The predicted octanol–water partition coefficient (Wildman–Crippen LogP) is 3.03. The minimum Gasteiger partial charge on any atom is -0.495 e. The third-order valence-electron chi connectivity index (χ3n) is 4.04. The summed E-state index contributed by atoms with van der Waals surface area (Å²) in [5, 5.41) is 3.42. The molecule has 0 aliphatic heterocycles. The first-order valence-electron chi connectivity index (χ1n) is 9.13. The number of rotatable bonds is 12. The van der Waals surface area contributed by atoms with Crippen molar-refractivity contribution in [1.82, 2.24) is 5.32 Å². The summed E-state index contributed by atoms with van der Waals surface area (Å²) < 4.78 is 32.9. The highest BCUT2D eigenvalue weighted by Gasteiger charge is 2.13. The highest BCUT2D eigenvalue weighted by molar-refractivity contribution is 7.80. The van der Waals surface area contributed by atoms with Crippen LogP contribution in [0.3, 0.4) is 0 Å². The summed E-state index contributed by atoms with van der Waals surface area (Å²) in [6.45, 7) is 5.82. The molecule has 0 saturated heterocycles. The molecule has 0 aliphatic carbocycles. The fraction of sp³-hybridized carbons (Fsp3) is 0.400. The zero-order chi connectivity index (χ0) is 20.4. The van der Waals surface area contributed by atoms with Gasteiger partial charge < -0.3 is 19.5 Å². The molecule has 29 heavy (non-hydrogen) atoms. The Labute approximate surface area is 180 Å². The Morgan fingerprint density at radius 3 is 2.41 bits per heavy atom. The molecule has 3 N–H and O–H groups in total. The van der Waals surface area contributed by atoms with E-state index in [0.29, 0.717) is 30.4 Å². The number of halogens is 1. The molecule has 7 nitrogen and oxygen atoms in total. The minimum atomic E-state index is -1.76. The summed E-state index contributed by atoms with van der Waals surface area (Å²) in [4.78, 5) is 0.422. The van der Waals surface area contributed by atoms with E-state index < -0.39 is 11.1 Å². The molecule has 2 rings (SSSR count). The summed E-state index contributed by atoms with van der Waals surface area (Å²) >= 11 is -1.76. The van der Waals surface area contributed by atoms with Crippen LogP contribution in [0, 0.1) is 0 Å². The quantitative estimate of drug-likeness (QED) is 0.384. The molecule has 0 bridgehead atoms. The van der Waals surface area contributed by atoms with Gasteiger partial charge in [0, 0.05) is 12.6 Å². The Bertz CT molecular complexity index is 778. The third-order valence-corrected chi connectivity index (χ3v) is 4.89. The van der Waals surface area contributed by atoms with Crippen molar-refractivity contribution in [2.75, 3.05) is 26.9 Å². The predicted molar refractivity (Wildman–Crippen MR) is 116 cm³/mol. The standard InChI is InChI=1S/C20H28N2O5S.ClH/c1-4-25-17-7-5-6-8-18(17)26-12-11-22-15(2)13-16-9-10-19(24-3)20(14-16)28(23)27-21;/h5-10,14-15,22H,4,11-13,21H2,1-3H3;1H. The number of hydrogen-bond donors (Lipinski definition) is 2. The maximum absolute atomic E-state index is 11.9. The maximum atomic E-state index is 11.9. The van der Waals surface area contributed by atoms with Crippen LogP contribution in [0.2, 0.25) is 0 Å². The van der Waals surface area contributed by atoms with Crippen LogP contribution in [-0.2, 0) is 21.8 Å². The molecule has 2 unspecified atom stereocenters. The van der Waals surface area contributed by atoms with Crippen LogP contribution in [0.1, 0.15) is 19.4 Å². The summed E-state index contributed by atoms with van der Waals surface area (Å²) in [5.41, 5.74) is 1.00. The molecule has 0 radical (unpaired) electrons. The lowest BCUT2D eigenvalue weighted by Gasteiger charge is -2.16. The van der Waals surface area contributed by atoms with Gasteiger partial charge in [-0.2, -0.15) is 10.2 Å². The van der Waals surface area contributed by atoms with Crippen LogP contribution < -0.4 is 25.4 Å². The Balaban J connectivity index is 0.00000420. The zero-order valence-electron chi connectivity index (χ0n) is 16.9. The number of ether oxygens (including phenoxy) is 3. The first-order valence-corrected chi connectivity index (χ1v) is 10.2. The number of para-hydroxylation sites is 2. The van der Waals surface area contributed by atoms with Crippen LogP contribution >= 0.6 is 12.4 Å². The first kappa shape index (κ1) is 25.2. The fourth-order valence-corrected chi connectivity index (χ4v) is 3.43. The summed E-state index contributed by atoms with van der Waals surface area (Å²) in [7, 11) is 1.51. The van der Waals surface area contributed by atoms with Gasteiger partial charge in [-0.15, -0.1) is 12.4 Å². The Kier molecular flexibility index (Phi) is 11.6. The van der Waals surface area contributed by atoms with Crippen molar-refractivity contribution in [1.29, 1.82) is 0 Å². The zero-order valence-corrected chi connectivity index (χ0v) is 18.5. The second-order valence-electron chi connectivity index (χ2n) is 6.10. The summed E-state index contributed by atoms with van der Waals surface area (Å²) in [5.74, 6) is 7.02. The van der Waals surface area contributed by atoms with Crippen molar-refractivity contribution < 1.29 is 22.7 Å². The van der Waals surface area contributed by atoms with Crippen molar-refractivity contribution in [2.24, 2.45) is 5.90 Å². The van der Waals surface area contributed by atoms with Crippen molar-refractivity contribution in [3.63, 3.8) is 0 Å². The number of nitrogens with one attached hydrogen (secondary N) is 1. The Morgan fingerprint density at radius 2 is 1.79 bits per heavy atom. The van der Waals surface area contributed by atoms with E-state index in [1.165, 1.54) is 7.11 Å². The lowest BCUT2D eigenvalue weighted by Crippen LogP contribution is -2.31. The monoisotopic (exact) mass is 444 g/mol. The van der Waals surface area contributed by atoms with E-state index in [2.05, 4.69) is 16.5 Å². The van der Waals surface area contributed by atoms with Crippen LogP contribution in [-0.4, -0.2) is 37.1 Å². The highest BCUT2D eigenvalue weighted by Crippen LogP contribution is 2.26. The number of benzene rings is 2. The van der Waals surface area contributed by atoms with Gasteiger partial charge in [-0.25, -0.2) is 4.21 Å². The van der Waals surface area contributed by atoms with E-state index in [4.69, 9.17) is 20.1 Å². The molecule has 0 aliphatic rings. The van der Waals surface area contributed by atoms with Gasteiger partial charge in [0.05, 0.1) is 13.7 Å². The van der Waals surface area contributed by atoms with Gasteiger partial charge in [0.1, 0.15) is 17.3 Å². The molecule has 2 atom stereocenters. The van der Waals surface area contributed by atoms with Gasteiger partial charge in [0.25, 0.3) is 0 Å². The Morgan fingerprint density at radius 1 is 1.10 bits per heavy atom. The Hall–Kier alpha value is -1.84. The van der Waals surface area contributed by atoms with Crippen molar-refractivity contribution in [3.8, 4) is 17.2 Å². The largest absolute Gasteiger partial charge is 0.495 e. The van der Waals surface area contributed by atoms with E-state index in [1.54, 1.807) is 12.1 Å². The van der Waals surface area contributed by atoms with E-state index in [1.807, 2.05) is 37.3 Å². The molecule has 0 fully saturated rings. The van der Waals surface area contributed by atoms with Crippen LogP contribution in [0.25, 0.3) is 0 Å². The van der Waals surface area contributed by atoms with Gasteiger partial charge in [-0.1, -0.05) is 18.2 Å². The highest BCUT2D eigenvalue weighted by atomic mass is 35.5. The summed E-state index contributed by atoms with van der Waals surface area (Å²) in [6.07, 6.45) is 0.744. The number of methoxy groups -OCH3 is 1. The second-order valence-corrected chi connectivity index (χ2v) is 7.21. The van der Waals surface area contributed by atoms with Crippen LogP contribution in [0.4, 0.5) is 0 Å². The molecule has 2 aromatic carbocycles. The normalized spacial score (nSPS) is 12.6. The molecular weight excluding hydrogens is 416 g/mol. The first-order chi connectivity index (χ1) is 13.6.